The second-order valence-electron chi connectivity index (χ2n) is 6.84. The Bertz CT molecular complexity index is 1080. The summed E-state index contributed by atoms with van der Waals surface area (Å²) < 4.78 is 7.10. The van der Waals surface area contributed by atoms with Gasteiger partial charge in [-0.25, -0.2) is 0 Å². The second kappa shape index (κ2) is 11.1. The Morgan fingerprint density at radius 1 is 1.16 bits per heavy atom. The normalized spacial score (nSPS) is 11.4. The number of nitrogens with zero attached hydrogens (tertiary/aromatic N) is 3. The predicted molar refractivity (Wildman–Crippen MR) is 125 cm³/mol. The van der Waals surface area contributed by atoms with Crippen LogP contribution in [0.4, 0.5) is 5.69 Å². The van der Waals surface area contributed by atoms with Gasteiger partial charge in [-0.15, -0.1) is 16.8 Å². The maximum absolute atomic E-state index is 12.5. The molecule has 8 nitrogen and oxygen atoms in total. The zero-order valence-corrected chi connectivity index (χ0v) is 18.8. The highest BCUT2D eigenvalue weighted by atomic mass is 32.2. The van der Waals surface area contributed by atoms with Crippen LogP contribution in [0.5, 0.6) is 5.75 Å². The van der Waals surface area contributed by atoms with Crippen LogP contribution in [0.15, 0.2) is 72.4 Å². The molecule has 0 radical (unpaired) electrons. The molecule has 0 aliphatic heterocycles. The van der Waals surface area contributed by atoms with E-state index < -0.39 is 0 Å². The van der Waals surface area contributed by atoms with E-state index in [1.807, 2.05) is 41.8 Å². The Morgan fingerprint density at radius 2 is 1.88 bits per heavy atom. The summed E-state index contributed by atoms with van der Waals surface area (Å²) in [5, 5.41) is 14.8. The molecule has 2 amide bonds. The molecule has 3 rings (SSSR count). The monoisotopic (exact) mass is 451 g/mol. The number of rotatable bonds is 10. The van der Waals surface area contributed by atoms with Crippen molar-refractivity contribution in [3.8, 4) is 5.75 Å². The predicted octanol–water partition coefficient (Wildman–Crippen LogP) is 3.69. The summed E-state index contributed by atoms with van der Waals surface area (Å²) in [5.41, 5.74) is 1.17. The van der Waals surface area contributed by atoms with Crippen molar-refractivity contribution < 1.29 is 14.3 Å². The molecule has 2 N–H and O–H groups in total. The van der Waals surface area contributed by atoms with Crippen molar-refractivity contribution in [2.45, 2.75) is 24.7 Å². The Labute approximate surface area is 191 Å². The van der Waals surface area contributed by atoms with Crippen LogP contribution in [0.2, 0.25) is 0 Å². The minimum absolute atomic E-state index is 0.137. The Hall–Kier alpha value is -3.59. The van der Waals surface area contributed by atoms with E-state index in [9.17, 15) is 9.59 Å². The van der Waals surface area contributed by atoms with Gasteiger partial charge in [0.1, 0.15) is 5.75 Å². The molecule has 2 aromatic carbocycles. The Balaban J connectivity index is 1.66. The van der Waals surface area contributed by atoms with Crippen LogP contribution in [0.3, 0.4) is 0 Å². The molecular weight excluding hydrogens is 426 g/mol. The summed E-state index contributed by atoms with van der Waals surface area (Å²) in [6.07, 6.45) is 1.72. The third kappa shape index (κ3) is 5.76. The van der Waals surface area contributed by atoms with Crippen molar-refractivity contribution in [2.24, 2.45) is 0 Å². The van der Waals surface area contributed by atoms with Crippen LogP contribution in [-0.4, -0.2) is 39.4 Å². The van der Waals surface area contributed by atoms with Crippen molar-refractivity contribution in [3.63, 3.8) is 0 Å². The summed E-state index contributed by atoms with van der Waals surface area (Å²) in [5.74, 6) is 0.918. The van der Waals surface area contributed by atoms with Crippen LogP contribution in [0.25, 0.3) is 0 Å². The molecule has 1 aromatic heterocycles. The van der Waals surface area contributed by atoms with Gasteiger partial charge in [0.25, 0.3) is 5.91 Å². The van der Waals surface area contributed by atoms with Crippen LogP contribution < -0.4 is 15.4 Å². The molecule has 1 atom stereocenters. The van der Waals surface area contributed by atoms with Crippen LogP contribution >= 0.6 is 11.8 Å². The molecule has 0 aliphatic carbocycles. The minimum atomic E-state index is -0.382. The molecule has 0 unspecified atom stereocenters. The number of thioether (sulfide) groups is 1. The smallest absolute Gasteiger partial charge is 0.251 e. The zero-order valence-electron chi connectivity index (χ0n) is 17.9. The molecule has 0 aliphatic rings. The topological polar surface area (TPSA) is 98.1 Å². The number of para-hydroxylation sites is 2. The van der Waals surface area contributed by atoms with Crippen molar-refractivity contribution in [2.75, 3.05) is 18.2 Å². The van der Waals surface area contributed by atoms with Crippen molar-refractivity contribution >= 4 is 29.3 Å². The fourth-order valence-electron chi connectivity index (χ4n) is 3.03. The molecule has 32 heavy (non-hydrogen) atoms. The van der Waals surface area contributed by atoms with E-state index in [0.29, 0.717) is 34.5 Å². The maximum Gasteiger partial charge on any atom is 0.251 e. The Kier molecular flexibility index (Phi) is 8.04. The van der Waals surface area contributed by atoms with Gasteiger partial charge in [0.2, 0.25) is 5.91 Å². The van der Waals surface area contributed by atoms with Gasteiger partial charge in [-0.1, -0.05) is 48.2 Å². The van der Waals surface area contributed by atoms with Crippen molar-refractivity contribution in [1.29, 1.82) is 0 Å². The summed E-state index contributed by atoms with van der Waals surface area (Å²) in [7, 11) is 1.55. The minimum Gasteiger partial charge on any atom is -0.495 e. The number of aromatic nitrogens is 3. The second-order valence-corrected chi connectivity index (χ2v) is 7.78. The number of hydrogen-bond acceptors (Lipinski definition) is 6. The number of amides is 2. The van der Waals surface area contributed by atoms with Crippen LogP contribution in [0, 0.1) is 0 Å². The highest BCUT2D eigenvalue weighted by molar-refractivity contribution is 7.99. The number of anilines is 1. The van der Waals surface area contributed by atoms with E-state index in [2.05, 4.69) is 27.4 Å². The molecule has 0 saturated carbocycles. The van der Waals surface area contributed by atoms with Crippen molar-refractivity contribution in [3.05, 3.63) is 78.6 Å². The zero-order chi connectivity index (χ0) is 22.9. The fraction of sp³-hybridized carbons (Fsp3) is 0.217. The molecule has 0 bridgehead atoms. The first-order valence-corrected chi connectivity index (χ1v) is 11.0. The van der Waals surface area contributed by atoms with Gasteiger partial charge in [0, 0.05) is 12.1 Å². The van der Waals surface area contributed by atoms with E-state index in [1.54, 1.807) is 37.5 Å². The number of carbonyl (C=O) groups is 2. The first-order chi connectivity index (χ1) is 15.5. The lowest BCUT2D eigenvalue weighted by atomic mass is 10.2. The standard InChI is InChI=1S/C23H25N5O3S/c1-4-14-28-21(16(2)24-22(30)17-10-6-5-7-11-17)26-27-23(28)32-15-20(29)25-18-12-8-9-13-19(18)31-3/h4-13,16H,1,14-15H2,2-3H3,(H,24,30)(H,25,29)/t16-/m0/s1. The van der Waals surface area contributed by atoms with Gasteiger partial charge in [0.05, 0.1) is 24.6 Å². The number of ether oxygens (including phenoxy) is 1. The largest absolute Gasteiger partial charge is 0.495 e. The van der Waals surface area contributed by atoms with E-state index in [1.165, 1.54) is 11.8 Å². The summed E-state index contributed by atoms with van der Waals surface area (Å²) in [4.78, 5) is 24.9. The number of allylic oxidation sites excluding steroid dienone is 1. The SMILES string of the molecule is C=CCn1c(SCC(=O)Nc2ccccc2OC)nnc1[C@H](C)NC(=O)c1ccccc1. The highest BCUT2D eigenvalue weighted by Gasteiger charge is 2.20. The molecule has 0 saturated heterocycles. The first-order valence-electron chi connectivity index (χ1n) is 9.99. The molecule has 1 heterocycles. The summed E-state index contributed by atoms with van der Waals surface area (Å²) in [6.45, 7) is 6.08. The van der Waals surface area contributed by atoms with Gasteiger partial charge in [-0.3, -0.25) is 9.59 Å². The van der Waals surface area contributed by atoms with Crippen LogP contribution in [0.1, 0.15) is 29.1 Å². The lowest BCUT2D eigenvalue weighted by Crippen LogP contribution is -2.28. The lowest BCUT2D eigenvalue weighted by molar-refractivity contribution is -0.113. The average molecular weight is 452 g/mol. The van der Waals surface area contributed by atoms with Gasteiger partial charge in [-0.2, -0.15) is 0 Å². The van der Waals surface area contributed by atoms with Gasteiger partial charge in [0.15, 0.2) is 11.0 Å². The third-order valence-electron chi connectivity index (χ3n) is 4.54. The molecule has 0 fully saturated rings. The highest BCUT2D eigenvalue weighted by Crippen LogP contribution is 2.25. The number of nitrogens with one attached hydrogen (secondary N) is 2. The fourth-order valence-corrected chi connectivity index (χ4v) is 3.78. The van der Waals surface area contributed by atoms with E-state index in [-0.39, 0.29) is 23.6 Å². The molecule has 3 aromatic rings. The Morgan fingerprint density at radius 3 is 2.59 bits per heavy atom. The quantitative estimate of drug-likeness (QED) is 0.360. The summed E-state index contributed by atoms with van der Waals surface area (Å²) >= 11 is 1.26. The molecule has 9 heteroatoms. The lowest BCUT2D eigenvalue weighted by Gasteiger charge is -2.15. The van der Waals surface area contributed by atoms with Gasteiger partial charge < -0.3 is 19.9 Å². The molecule has 166 valence electrons. The van der Waals surface area contributed by atoms with Crippen LogP contribution in [-0.2, 0) is 11.3 Å². The molecular formula is C23H25N5O3S. The van der Waals surface area contributed by atoms with E-state index >= 15 is 0 Å². The van der Waals surface area contributed by atoms with E-state index in [4.69, 9.17) is 4.74 Å². The number of carbonyl (C=O) groups excluding carboxylic acids is 2. The number of hydrogen-bond donors (Lipinski definition) is 2. The maximum atomic E-state index is 12.5. The third-order valence-corrected chi connectivity index (χ3v) is 5.51. The average Bonchev–Trinajstić information content (AvgIpc) is 3.21. The summed E-state index contributed by atoms with van der Waals surface area (Å²) in [6, 6.07) is 15.8. The number of methoxy groups -OCH3 is 1. The number of benzene rings is 2. The van der Waals surface area contributed by atoms with Gasteiger partial charge >= 0.3 is 0 Å². The molecule has 0 spiro atoms. The van der Waals surface area contributed by atoms with Gasteiger partial charge in [-0.05, 0) is 31.2 Å². The first kappa shape index (κ1) is 23.1. The van der Waals surface area contributed by atoms with Crippen molar-refractivity contribution in [1.82, 2.24) is 20.1 Å². The van der Waals surface area contributed by atoms with E-state index in [0.717, 1.165) is 0 Å².